The Morgan fingerprint density at radius 3 is 2.88 bits per heavy atom. The lowest BCUT2D eigenvalue weighted by molar-refractivity contribution is 0.0249. The van der Waals surface area contributed by atoms with E-state index in [1.165, 1.54) is 11.3 Å². The van der Waals surface area contributed by atoms with Crippen LogP contribution in [0.3, 0.4) is 0 Å². The molecule has 134 valence electrons. The molecule has 5 nitrogen and oxygen atoms in total. The number of nitrogens with one attached hydrogen (secondary N) is 2. The van der Waals surface area contributed by atoms with Gasteiger partial charge in [-0.05, 0) is 36.3 Å². The second-order valence-electron chi connectivity index (χ2n) is 6.02. The quantitative estimate of drug-likeness (QED) is 0.779. The van der Waals surface area contributed by atoms with Crippen LogP contribution in [0.5, 0.6) is 0 Å². The van der Waals surface area contributed by atoms with E-state index in [2.05, 4.69) is 23.6 Å². The van der Waals surface area contributed by atoms with Crippen molar-refractivity contribution >= 4 is 39.6 Å². The van der Waals surface area contributed by atoms with Crippen LogP contribution in [0.1, 0.15) is 46.1 Å². The molecule has 1 aliphatic heterocycles. The number of thiophene rings is 1. The first-order valence-electron chi connectivity index (χ1n) is 8.46. The van der Waals surface area contributed by atoms with E-state index in [0.29, 0.717) is 22.7 Å². The fourth-order valence-corrected chi connectivity index (χ4v) is 4.30. The van der Waals surface area contributed by atoms with Crippen molar-refractivity contribution in [3.05, 3.63) is 51.9 Å². The largest absolute Gasteiger partial charge is 0.372 e. The average Bonchev–Trinajstić information content (AvgIpc) is 2.98. The van der Waals surface area contributed by atoms with E-state index in [1.54, 1.807) is 24.3 Å². The summed E-state index contributed by atoms with van der Waals surface area (Å²) < 4.78 is 5.86. The number of carbonyl (C=O) groups excluding carboxylic acids is 1. The number of ether oxygens (including phenoxy) is 1. The summed E-state index contributed by atoms with van der Waals surface area (Å²) in [6.07, 6.45) is 2.93. The molecule has 1 aliphatic rings. The fourth-order valence-electron chi connectivity index (χ4n) is 2.94. The molecule has 0 spiro atoms. The van der Waals surface area contributed by atoms with Crippen LogP contribution in [0.15, 0.2) is 30.3 Å². The predicted molar refractivity (Wildman–Crippen MR) is 106 cm³/mol. The van der Waals surface area contributed by atoms with E-state index >= 15 is 0 Å². The Kier molecular flexibility index (Phi) is 5.99. The lowest BCUT2D eigenvalue weighted by Crippen LogP contribution is -2.34. The minimum absolute atomic E-state index is 0.159. The molecule has 1 atom stereocenters. The van der Waals surface area contributed by atoms with Crippen molar-refractivity contribution in [2.24, 2.45) is 0 Å². The highest BCUT2D eigenvalue weighted by Crippen LogP contribution is 2.37. The first kappa shape index (κ1) is 18.5. The Labute approximate surface area is 162 Å². The van der Waals surface area contributed by atoms with Crippen LogP contribution in [0.25, 0.3) is 0 Å². The van der Waals surface area contributed by atoms with Gasteiger partial charge in [-0.2, -0.15) is 5.26 Å². The van der Waals surface area contributed by atoms with Gasteiger partial charge in [-0.25, -0.2) is 0 Å². The summed E-state index contributed by atoms with van der Waals surface area (Å²) >= 11 is 6.71. The Hall–Kier alpha value is -2.27. The molecule has 26 heavy (non-hydrogen) atoms. The van der Waals surface area contributed by atoms with Crippen molar-refractivity contribution in [3.63, 3.8) is 0 Å². The lowest BCUT2D eigenvalue weighted by Gasteiger charge is -2.22. The van der Waals surface area contributed by atoms with Gasteiger partial charge in [0.1, 0.15) is 11.1 Å². The molecule has 2 aromatic rings. The fraction of sp³-hybridized carbons (Fsp3) is 0.316. The summed E-state index contributed by atoms with van der Waals surface area (Å²) in [7, 11) is 0. The maximum absolute atomic E-state index is 12.2. The Morgan fingerprint density at radius 2 is 2.19 bits per heavy atom. The highest BCUT2D eigenvalue weighted by Gasteiger charge is 2.26. The number of nitriles is 1. The molecule has 0 unspecified atom stereocenters. The summed E-state index contributed by atoms with van der Waals surface area (Å²) in [5.74, 6) is -0.283. The summed E-state index contributed by atoms with van der Waals surface area (Å²) in [5, 5.41) is 16.1. The van der Waals surface area contributed by atoms with Gasteiger partial charge in [0.05, 0.1) is 18.3 Å². The molecule has 0 saturated carbocycles. The van der Waals surface area contributed by atoms with Gasteiger partial charge in [0, 0.05) is 16.9 Å². The number of carbonyl (C=O) groups is 1. The molecule has 0 aliphatic carbocycles. The van der Waals surface area contributed by atoms with Crippen LogP contribution in [-0.2, 0) is 17.8 Å². The number of benzene rings is 1. The van der Waals surface area contributed by atoms with Crippen LogP contribution >= 0.6 is 23.6 Å². The topological polar surface area (TPSA) is 74.1 Å². The van der Waals surface area contributed by atoms with Gasteiger partial charge in [0.25, 0.3) is 5.91 Å². The summed E-state index contributed by atoms with van der Waals surface area (Å²) in [5.41, 5.74) is 2.17. The summed E-state index contributed by atoms with van der Waals surface area (Å²) in [6, 6.07) is 11.1. The van der Waals surface area contributed by atoms with Crippen LogP contribution in [0.2, 0.25) is 0 Å². The van der Waals surface area contributed by atoms with Crippen molar-refractivity contribution in [1.82, 2.24) is 5.32 Å². The molecule has 0 saturated heterocycles. The van der Waals surface area contributed by atoms with E-state index in [0.717, 1.165) is 29.7 Å². The molecule has 2 heterocycles. The first-order chi connectivity index (χ1) is 12.6. The molecular weight excluding hydrogens is 366 g/mol. The zero-order valence-corrected chi connectivity index (χ0v) is 16.0. The Morgan fingerprint density at radius 1 is 1.42 bits per heavy atom. The molecule has 0 radical (unpaired) electrons. The third kappa shape index (κ3) is 4.10. The number of anilines is 1. The Bertz CT molecular complexity index is 856. The highest BCUT2D eigenvalue weighted by molar-refractivity contribution is 7.80. The SMILES string of the molecule is CCC[C@H]1Cc2c(sc(NC(=S)NC(=O)c3ccccc3)c2C#N)CO1. The van der Waals surface area contributed by atoms with Gasteiger partial charge < -0.3 is 10.1 Å². The van der Waals surface area contributed by atoms with Crippen LogP contribution in [0.4, 0.5) is 5.00 Å². The summed E-state index contributed by atoms with van der Waals surface area (Å²) in [4.78, 5) is 13.2. The highest BCUT2D eigenvalue weighted by atomic mass is 32.1. The van der Waals surface area contributed by atoms with E-state index < -0.39 is 0 Å². The molecule has 7 heteroatoms. The third-order valence-corrected chi connectivity index (χ3v) is 5.51. The van der Waals surface area contributed by atoms with Gasteiger partial charge >= 0.3 is 0 Å². The lowest BCUT2D eigenvalue weighted by atomic mass is 9.99. The van der Waals surface area contributed by atoms with Crippen molar-refractivity contribution in [1.29, 1.82) is 5.26 Å². The maximum atomic E-state index is 12.2. The molecule has 0 bridgehead atoms. The molecule has 1 aromatic carbocycles. The zero-order chi connectivity index (χ0) is 18.5. The van der Waals surface area contributed by atoms with Gasteiger partial charge in [-0.1, -0.05) is 31.5 Å². The van der Waals surface area contributed by atoms with Gasteiger partial charge in [-0.3, -0.25) is 10.1 Å². The van der Waals surface area contributed by atoms with Crippen molar-refractivity contribution in [2.45, 2.75) is 38.9 Å². The van der Waals surface area contributed by atoms with Crippen LogP contribution in [0, 0.1) is 11.3 Å². The van der Waals surface area contributed by atoms with E-state index in [1.807, 2.05) is 6.07 Å². The van der Waals surface area contributed by atoms with E-state index in [9.17, 15) is 10.1 Å². The zero-order valence-electron chi connectivity index (χ0n) is 14.4. The van der Waals surface area contributed by atoms with E-state index in [-0.39, 0.29) is 17.1 Å². The average molecular weight is 386 g/mol. The van der Waals surface area contributed by atoms with Crippen molar-refractivity contribution in [2.75, 3.05) is 5.32 Å². The van der Waals surface area contributed by atoms with Crippen LogP contribution in [-0.4, -0.2) is 17.1 Å². The molecule has 1 aromatic heterocycles. The van der Waals surface area contributed by atoms with Gasteiger partial charge in [-0.15, -0.1) is 11.3 Å². The normalized spacial score (nSPS) is 15.6. The minimum atomic E-state index is -0.283. The maximum Gasteiger partial charge on any atom is 0.257 e. The van der Waals surface area contributed by atoms with Crippen molar-refractivity contribution in [3.8, 4) is 6.07 Å². The Balaban J connectivity index is 1.71. The molecule has 3 rings (SSSR count). The first-order valence-corrected chi connectivity index (χ1v) is 9.68. The van der Waals surface area contributed by atoms with Crippen LogP contribution < -0.4 is 10.6 Å². The number of amides is 1. The number of rotatable bonds is 4. The number of nitrogens with zero attached hydrogens (tertiary/aromatic N) is 1. The molecule has 2 N–H and O–H groups in total. The van der Waals surface area contributed by atoms with E-state index in [4.69, 9.17) is 17.0 Å². The molecular formula is C19H19N3O2S2. The smallest absolute Gasteiger partial charge is 0.257 e. The van der Waals surface area contributed by atoms with Crippen molar-refractivity contribution < 1.29 is 9.53 Å². The monoisotopic (exact) mass is 385 g/mol. The third-order valence-electron chi connectivity index (χ3n) is 4.19. The molecule has 1 amide bonds. The van der Waals surface area contributed by atoms with Gasteiger partial charge in [0.15, 0.2) is 5.11 Å². The minimum Gasteiger partial charge on any atom is -0.372 e. The number of fused-ring (bicyclic) bond motifs is 1. The predicted octanol–water partition coefficient (Wildman–Crippen LogP) is 3.99. The molecule has 0 fully saturated rings. The number of hydrogen-bond acceptors (Lipinski definition) is 5. The number of thiocarbonyl (C=S) groups is 1. The number of hydrogen-bond donors (Lipinski definition) is 2. The standard InChI is InChI=1S/C19H19N3O2S2/c1-2-6-13-9-14-15(10-20)18(26-16(14)11-24-13)22-19(25)21-17(23)12-7-4-3-5-8-12/h3-5,7-8,13H,2,6,9,11H2,1H3,(H2,21,22,23,25)/t13-/m0/s1. The second-order valence-corrected chi connectivity index (χ2v) is 7.53. The van der Waals surface area contributed by atoms with Gasteiger partial charge in [0.2, 0.25) is 0 Å². The summed E-state index contributed by atoms with van der Waals surface area (Å²) in [6.45, 7) is 2.64. The second kappa shape index (κ2) is 8.41.